The van der Waals surface area contributed by atoms with Crippen LogP contribution < -0.4 is 4.90 Å². The monoisotopic (exact) mass is 285 g/mol. The first-order chi connectivity index (χ1) is 9.88. The number of carbonyl (C=O) groups excluding carboxylic acids is 1. The number of anilines is 1. The molecule has 110 valence electrons. The lowest BCUT2D eigenvalue weighted by atomic mass is 9.98. The van der Waals surface area contributed by atoms with E-state index in [4.69, 9.17) is 0 Å². The number of hydrogen-bond donors (Lipinski definition) is 0. The average Bonchev–Trinajstić information content (AvgIpc) is 2.42. The zero-order valence-electron chi connectivity index (χ0n) is 12.9. The number of aryl methyl sites for hydroxylation is 3. The summed E-state index contributed by atoms with van der Waals surface area (Å²) in [5.41, 5.74) is 4.71. The Kier molecular flexibility index (Phi) is 4.41. The van der Waals surface area contributed by atoms with Gasteiger partial charge in [0, 0.05) is 18.3 Å². The van der Waals surface area contributed by atoms with Crippen molar-refractivity contribution in [2.75, 3.05) is 18.5 Å². The second-order valence-electron chi connectivity index (χ2n) is 5.51. The highest BCUT2D eigenvalue weighted by molar-refractivity contribution is 6.00. The molecule has 2 aromatic rings. The van der Waals surface area contributed by atoms with Crippen molar-refractivity contribution in [2.45, 2.75) is 20.8 Å². The third-order valence-corrected chi connectivity index (χ3v) is 3.77. The van der Waals surface area contributed by atoms with Gasteiger partial charge in [-0.1, -0.05) is 12.1 Å². The van der Waals surface area contributed by atoms with Gasteiger partial charge in [-0.15, -0.1) is 0 Å². The van der Waals surface area contributed by atoms with Crippen molar-refractivity contribution in [3.8, 4) is 0 Å². The first-order valence-corrected chi connectivity index (χ1v) is 6.96. The molecular weight excluding hydrogens is 265 g/mol. The zero-order chi connectivity index (χ0) is 15.6. The maximum Gasteiger partial charge on any atom is 0.182 e. The van der Waals surface area contributed by atoms with Crippen molar-refractivity contribution in [1.82, 2.24) is 0 Å². The fourth-order valence-electron chi connectivity index (χ4n) is 2.37. The zero-order valence-corrected chi connectivity index (χ0v) is 12.9. The lowest BCUT2D eigenvalue weighted by Gasteiger charge is -2.19. The fraction of sp³-hybridized carbons (Fsp3) is 0.278. The van der Waals surface area contributed by atoms with Crippen LogP contribution in [0.5, 0.6) is 0 Å². The van der Waals surface area contributed by atoms with Crippen LogP contribution in [0, 0.1) is 26.6 Å². The molecule has 3 heteroatoms. The molecule has 0 spiro atoms. The van der Waals surface area contributed by atoms with Gasteiger partial charge in [0.05, 0.1) is 6.54 Å². The molecule has 0 aliphatic rings. The summed E-state index contributed by atoms with van der Waals surface area (Å²) in [6.45, 7) is 6.21. The number of carbonyl (C=O) groups is 1. The molecule has 0 radical (unpaired) electrons. The first-order valence-electron chi connectivity index (χ1n) is 6.96. The van der Waals surface area contributed by atoms with Crippen LogP contribution in [0.4, 0.5) is 10.1 Å². The predicted octanol–water partition coefficient (Wildman–Crippen LogP) is 4.07. The van der Waals surface area contributed by atoms with Crippen molar-refractivity contribution in [2.24, 2.45) is 0 Å². The molecule has 0 saturated heterocycles. The van der Waals surface area contributed by atoms with E-state index in [0.717, 1.165) is 16.7 Å². The van der Waals surface area contributed by atoms with Gasteiger partial charge in [0.1, 0.15) is 5.82 Å². The van der Waals surface area contributed by atoms with E-state index in [0.29, 0.717) is 5.69 Å². The van der Waals surface area contributed by atoms with E-state index in [1.165, 1.54) is 17.7 Å². The molecule has 0 N–H and O–H groups in total. The van der Waals surface area contributed by atoms with Gasteiger partial charge in [0.2, 0.25) is 0 Å². The summed E-state index contributed by atoms with van der Waals surface area (Å²) < 4.78 is 13.2. The molecule has 0 aliphatic heterocycles. The Bertz CT molecular complexity index is 679. The van der Waals surface area contributed by atoms with Gasteiger partial charge < -0.3 is 4.90 Å². The summed E-state index contributed by atoms with van der Waals surface area (Å²) in [6, 6.07) is 10.2. The fourth-order valence-corrected chi connectivity index (χ4v) is 2.37. The molecule has 0 atom stereocenters. The van der Waals surface area contributed by atoms with Gasteiger partial charge >= 0.3 is 0 Å². The van der Waals surface area contributed by atoms with E-state index < -0.39 is 0 Å². The Morgan fingerprint density at radius 1 is 1.05 bits per heavy atom. The molecule has 0 aliphatic carbocycles. The van der Waals surface area contributed by atoms with Crippen LogP contribution in [0.25, 0.3) is 0 Å². The summed E-state index contributed by atoms with van der Waals surface area (Å²) >= 11 is 0. The number of rotatable bonds is 4. The maximum atomic E-state index is 13.2. The average molecular weight is 285 g/mol. The minimum atomic E-state index is -0.297. The van der Waals surface area contributed by atoms with Crippen molar-refractivity contribution >= 4 is 11.5 Å². The van der Waals surface area contributed by atoms with Crippen molar-refractivity contribution in [3.63, 3.8) is 0 Å². The summed E-state index contributed by atoms with van der Waals surface area (Å²) in [6.07, 6.45) is 0. The highest BCUT2D eigenvalue weighted by Crippen LogP contribution is 2.18. The normalized spacial score (nSPS) is 10.5. The van der Waals surface area contributed by atoms with Crippen molar-refractivity contribution in [1.29, 1.82) is 0 Å². The molecular formula is C18H20FNO. The number of nitrogens with zero attached hydrogens (tertiary/aromatic N) is 1. The van der Waals surface area contributed by atoms with E-state index >= 15 is 0 Å². The summed E-state index contributed by atoms with van der Waals surface area (Å²) in [7, 11) is 1.79. The quantitative estimate of drug-likeness (QED) is 0.789. The lowest BCUT2D eigenvalue weighted by Crippen LogP contribution is -2.26. The van der Waals surface area contributed by atoms with Crippen LogP contribution in [-0.4, -0.2) is 19.4 Å². The van der Waals surface area contributed by atoms with Gasteiger partial charge in [0.15, 0.2) is 5.78 Å². The lowest BCUT2D eigenvalue weighted by molar-refractivity contribution is 0.0999. The van der Waals surface area contributed by atoms with Crippen LogP contribution in [0.15, 0.2) is 36.4 Å². The standard InChI is InChI=1S/C18H20FNO/c1-12-8-14(3)17(9-13(12)2)18(21)11-20(4)16-7-5-6-15(19)10-16/h5-10H,11H2,1-4H3. The van der Waals surface area contributed by atoms with Crippen LogP contribution >= 0.6 is 0 Å². The number of Topliss-reactive ketones (excluding diaryl/α,β-unsaturated/α-hetero) is 1. The van der Waals surface area contributed by atoms with Crippen LogP contribution in [0.3, 0.4) is 0 Å². The van der Waals surface area contributed by atoms with Gasteiger partial charge in [0.25, 0.3) is 0 Å². The predicted molar refractivity (Wildman–Crippen MR) is 84.7 cm³/mol. The summed E-state index contributed by atoms with van der Waals surface area (Å²) in [4.78, 5) is 14.2. The van der Waals surface area contributed by atoms with E-state index in [1.807, 2.05) is 32.9 Å². The Balaban J connectivity index is 2.20. The summed E-state index contributed by atoms with van der Waals surface area (Å²) in [5.74, 6) is -0.253. The topological polar surface area (TPSA) is 20.3 Å². The smallest absolute Gasteiger partial charge is 0.182 e. The van der Waals surface area contributed by atoms with Gasteiger partial charge in [-0.25, -0.2) is 4.39 Å². The van der Waals surface area contributed by atoms with E-state index in [1.54, 1.807) is 24.1 Å². The van der Waals surface area contributed by atoms with Crippen LogP contribution in [0.2, 0.25) is 0 Å². The van der Waals surface area contributed by atoms with Gasteiger partial charge in [-0.3, -0.25) is 4.79 Å². The third kappa shape index (κ3) is 3.48. The SMILES string of the molecule is Cc1cc(C)c(C(=O)CN(C)c2cccc(F)c2)cc1C. The highest BCUT2D eigenvalue weighted by Gasteiger charge is 2.13. The molecule has 2 aromatic carbocycles. The molecule has 0 saturated carbocycles. The Labute approximate surface area is 125 Å². The maximum absolute atomic E-state index is 13.2. The number of halogens is 1. The van der Waals surface area contributed by atoms with E-state index in [9.17, 15) is 9.18 Å². The molecule has 2 nitrogen and oxygen atoms in total. The van der Waals surface area contributed by atoms with E-state index in [2.05, 4.69) is 0 Å². The van der Waals surface area contributed by atoms with Crippen molar-refractivity contribution in [3.05, 3.63) is 64.5 Å². The summed E-state index contributed by atoms with van der Waals surface area (Å²) in [5, 5.41) is 0. The largest absolute Gasteiger partial charge is 0.367 e. The molecule has 2 rings (SSSR count). The van der Waals surface area contributed by atoms with Gasteiger partial charge in [-0.2, -0.15) is 0 Å². The number of likely N-dealkylation sites (N-methyl/N-ethyl adjacent to an activating group) is 1. The highest BCUT2D eigenvalue weighted by atomic mass is 19.1. The molecule has 0 aromatic heterocycles. The second-order valence-corrected chi connectivity index (χ2v) is 5.51. The minimum Gasteiger partial charge on any atom is -0.367 e. The van der Waals surface area contributed by atoms with Crippen LogP contribution in [-0.2, 0) is 0 Å². The molecule has 0 amide bonds. The van der Waals surface area contributed by atoms with Crippen molar-refractivity contribution < 1.29 is 9.18 Å². The number of ketones is 1. The molecule has 0 fully saturated rings. The minimum absolute atomic E-state index is 0.0439. The van der Waals surface area contributed by atoms with Gasteiger partial charge in [-0.05, 0) is 61.7 Å². The number of benzene rings is 2. The Morgan fingerprint density at radius 2 is 1.71 bits per heavy atom. The third-order valence-electron chi connectivity index (χ3n) is 3.77. The number of hydrogen-bond acceptors (Lipinski definition) is 2. The first kappa shape index (κ1) is 15.2. The molecule has 0 heterocycles. The molecule has 21 heavy (non-hydrogen) atoms. The Morgan fingerprint density at radius 3 is 2.38 bits per heavy atom. The second kappa shape index (κ2) is 6.08. The molecule has 0 bridgehead atoms. The molecule has 0 unspecified atom stereocenters. The Hall–Kier alpha value is -2.16. The van der Waals surface area contributed by atoms with Crippen LogP contribution in [0.1, 0.15) is 27.0 Å². The van der Waals surface area contributed by atoms with E-state index in [-0.39, 0.29) is 18.1 Å².